The van der Waals surface area contributed by atoms with E-state index in [2.05, 4.69) is 43.1 Å². The lowest BCUT2D eigenvalue weighted by Gasteiger charge is -2.51. The van der Waals surface area contributed by atoms with Crippen molar-refractivity contribution in [3.8, 4) is 17.2 Å². The second kappa shape index (κ2) is 14.3. The molecule has 0 spiro atoms. The normalized spacial score (nSPS) is 19.1. The van der Waals surface area contributed by atoms with Crippen LogP contribution < -0.4 is 24.4 Å². The number of methoxy groups -OCH3 is 2. The molecule has 2 aliphatic rings. The smallest absolute Gasteiger partial charge is 0.263 e. The fourth-order valence-corrected chi connectivity index (χ4v) is 7.69. The molecule has 1 saturated heterocycles. The van der Waals surface area contributed by atoms with E-state index in [-0.39, 0.29) is 33.0 Å². The van der Waals surface area contributed by atoms with E-state index in [1.807, 2.05) is 29.2 Å². The van der Waals surface area contributed by atoms with Crippen molar-refractivity contribution in [1.29, 1.82) is 0 Å². The number of halogens is 2. The first-order valence-corrected chi connectivity index (χ1v) is 16.6. The summed E-state index contributed by atoms with van der Waals surface area (Å²) < 4.78 is 22.4. The van der Waals surface area contributed by atoms with Crippen LogP contribution in [0, 0.1) is 0 Å². The number of ether oxygens (including phenoxy) is 4. The van der Waals surface area contributed by atoms with Gasteiger partial charge in [-0.05, 0) is 74.2 Å². The Bertz CT molecular complexity index is 1600. The third-order valence-electron chi connectivity index (χ3n) is 9.06. The standard InChI is InChI=1S/C36H43Cl2N3O6/c1-23(42)41-30-13-10-25(39-34(43)31-32(44-5)28(37)21-29(38)33(31)45-6)20-27(30)36(4,22-35(41,2)3)24-8-11-26(12-9-24)47-17-7-14-40-15-18-46-19-16-40/h8-13,20-21H,7,14-19,22H2,1-6H3,(H,39,43). The molecule has 11 heteroatoms. The predicted molar refractivity (Wildman–Crippen MR) is 186 cm³/mol. The fraction of sp³-hybridized carbons (Fsp3) is 0.444. The molecule has 3 aromatic rings. The lowest BCUT2D eigenvalue weighted by molar-refractivity contribution is -0.117. The molecule has 3 aromatic carbocycles. The molecule has 0 radical (unpaired) electrons. The molecule has 5 rings (SSSR count). The van der Waals surface area contributed by atoms with E-state index < -0.39 is 16.9 Å². The van der Waals surface area contributed by atoms with Crippen LogP contribution in [0.5, 0.6) is 17.2 Å². The molecule has 0 saturated carbocycles. The van der Waals surface area contributed by atoms with E-state index in [1.54, 1.807) is 13.0 Å². The first kappa shape index (κ1) is 34.8. The third-order valence-corrected chi connectivity index (χ3v) is 9.62. The number of anilines is 2. The van der Waals surface area contributed by atoms with Gasteiger partial charge >= 0.3 is 0 Å². The minimum atomic E-state index is -0.505. The van der Waals surface area contributed by atoms with Gasteiger partial charge in [0.1, 0.15) is 11.3 Å². The largest absolute Gasteiger partial charge is 0.494 e. The van der Waals surface area contributed by atoms with E-state index in [1.165, 1.54) is 20.3 Å². The minimum Gasteiger partial charge on any atom is -0.494 e. The van der Waals surface area contributed by atoms with Gasteiger partial charge in [-0.15, -0.1) is 0 Å². The topological polar surface area (TPSA) is 89.6 Å². The molecule has 1 atom stereocenters. The molecule has 0 aliphatic carbocycles. The zero-order valence-corrected chi connectivity index (χ0v) is 29.4. The molecule has 2 amide bonds. The monoisotopic (exact) mass is 683 g/mol. The van der Waals surface area contributed by atoms with Gasteiger partial charge in [0.2, 0.25) is 5.91 Å². The van der Waals surface area contributed by atoms with Crippen LogP contribution in [-0.2, 0) is 14.9 Å². The number of fused-ring (bicyclic) bond motifs is 1. The number of carbonyl (C=O) groups is 2. The Balaban J connectivity index is 1.44. The number of nitrogens with one attached hydrogen (secondary N) is 1. The molecule has 0 bridgehead atoms. The molecule has 1 N–H and O–H groups in total. The zero-order chi connectivity index (χ0) is 33.9. The Morgan fingerprint density at radius 1 is 0.936 bits per heavy atom. The van der Waals surface area contributed by atoms with Gasteiger partial charge in [0.05, 0.1) is 44.1 Å². The molecular weight excluding hydrogens is 641 g/mol. The van der Waals surface area contributed by atoms with Gasteiger partial charge in [0.15, 0.2) is 11.5 Å². The Morgan fingerprint density at radius 2 is 1.57 bits per heavy atom. The SMILES string of the molecule is COc1c(Cl)cc(Cl)c(OC)c1C(=O)Nc1ccc2c(c1)C(C)(c1ccc(OCCCN3CCOCC3)cc1)CC(C)(C)N2C(C)=O. The first-order chi connectivity index (χ1) is 22.4. The van der Waals surface area contributed by atoms with Gasteiger partial charge in [0.25, 0.3) is 5.91 Å². The van der Waals surface area contributed by atoms with Crippen molar-refractivity contribution in [3.05, 3.63) is 75.3 Å². The third kappa shape index (κ3) is 7.18. The van der Waals surface area contributed by atoms with E-state index in [0.29, 0.717) is 18.7 Å². The first-order valence-electron chi connectivity index (χ1n) is 15.8. The minimum absolute atomic E-state index is 0.0565. The highest BCUT2D eigenvalue weighted by Crippen LogP contribution is 2.51. The summed E-state index contributed by atoms with van der Waals surface area (Å²) in [5, 5.41) is 3.35. The maximum atomic E-state index is 13.7. The highest BCUT2D eigenvalue weighted by molar-refractivity contribution is 6.38. The molecule has 0 aromatic heterocycles. The van der Waals surface area contributed by atoms with Crippen LogP contribution in [0.3, 0.4) is 0 Å². The van der Waals surface area contributed by atoms with Crippen molar-refractivity contribution < 1.29 is 28.5 Å². The summed E-state index contributed by atoms with van der Waals surface area (Å²) >= 11 is 12.7. The predicted octanol–water partition coefficient (Wildman–Crippen LogP) is 7.21. The quantitative estimate of drug-likeness (QED) is 0.226. The van der Waals surface area contributed by atoms with E-state index in [9.17, 15) is 9.59 Å². The number of rotatable bonds is 10. The second-order valence-corrected chi connectivity index (χ2v) is 13.6. The summed E-state index contributed by atoms with van der Waals surface area (Å²) in [5.41, 5.74) is 2.40. The number of morpholine rings is 1. The molecule has 9 nitrogen and oxygen atoms in total. The van der Waals surface area contributed by atoms with E-state index in [4.69, 9.17) is 42.1 Å². The number of hydrogen-bond donors (Lipinski definition) is 1. The van der Waals surface area contributed by atoms with Crippen LogP contribution in [0.2, 0.25) is 10.0 Å². The van der Waals surface area contributed by atoms with Crippen molar-refractivity contribution in [2.45, 2.75) is 51.5 Å². The Kier molecular flexibility index (Phi) is 10.6. The lowest BCUT2D eigenvalue weighted by atomic mass is 9.65. The molecule has 2 heterocycles. The van der Waals surface area contributed by atoms with Gasteiger partial charge in [-0.1, -0.05) is 42.3 Å². The fourth-order valence-electron chi connectivity index (χ4n) is 7.07. The summed E-state index contributed by atoms with van der Waals surface area (Å²) in [6.45, 7) is 13.1. The van der Waals surface area contributed by atoms with Crippen molar-refractivity contribution in [2.24, 2.45) is 0 Å². The Hall–Kier alpha value is -3.50. The average Bonchev–Trinajstić information content (AvgIpc) is 3.03. The lowest BCUT2D eigenvalue weighted by Crippen LogP contribution is -2.55. The molecule has 47 heavy (non-hydrogen) atoms. The summed E-state index contributed by atoms with van der Waals surface area (Å²) in [5.74, 6) is 0.560. The van der Waals surface area contributed by atoms with Crippen LogP contribution >= 0.6 is 23.2 Å². The van der Waals surface area contributed by atoms with Crippen LogP contribution in [-0.4, -0.2) is 75.9 Å². The van der Waals surface area contributed by atoms with E-state index in [0.717, 1.165) is 61.8 Å². The summed E-state index contributed by atoms with van der Waals surface area (Å²) in [4.78, 5) is 31.0. The van der Waals surface area contributed by atoms with E-state index >= 15 is 0 Å². The van der Waals surface area contributed by atoms with Crippen molar-refractivity contribution >= 4 is 46.4 Å². The van der Waals surface area contributed by atoms with Crippen molar-refractivity contribution in [2.75, 3.05) is 63.9 Å². The van der Waals surface area contributed by atoms with Gasteiger partial charge < -0.3 is 29.2 Å². The Labute approximate surface area is 287 Å². The van der Waals surface area contributed by atoms with Crippen LogP contribution in [0.15, 0.2) is 48.5 Å². The Morgan fingerprint density at radius 3 is 2.17 bits per heavy atom. The van der Waals surface area contributed by atoms with Gasteiger partial charge in [0, 0.05) is 48.9 Å². The van der Waals surface area contributed by atoms with Crippen molar-refractivity contribution in [3.63, 3.8) is 0 Å². The van der Waals surface area contributed by atoms with Crippen LogP contribution in [0.4, 0.5) is 11.4 Å². The summed E-state index contributed by atoms with van der Waals surface area (Å²) in [6, 6.07) is 15.3. The van der Waals surface area contributed by atoms with Crippen molar-refractivity contribution in [1.82, 2.24) is 4.90 Å². The molecule has 2 aliphatic heterocycles. The maximum absolute atomic E-state index is 13.7. The number of hydrogen-bond acceptors (Lipinski definition) is 7. The average molecular weight is 685 g/mol. The second-order valence-electron chi connectivity index (χ2n) is 12.8. The van der Waals surface area contributed by atoms with Gasteiger partial charge in [-0.2, -0.15) is 0 Å². The highest BCUT2D eigenvalue weighted by Gasteiger charge is 2.47. The molecular formula is C36H43Cl2N3O6. The number of amides is 2. The molecule has 1 unspecified atom stereocenters. The number of carbonyl (C=O) groups excluding carboxylic acids is 2. The molecule has 252 valence electrons. The number of benzene rings is 3. The summed E-state index contributed by atoms with van der Waals surface area (Å²) in [7, 11) is 2.85. The van der Waals surface area contributed by atoms with Gasteiger partial charge in [-0.25, -0.2) is 0 Å². The highest BCUT2D eigenvalue weighted by atomic mass is 35.5. The zero-order valence-electron chi connectivity index (χ0n) is 27.9. The number of nitrogens with zero attached hydrogens (tertiary/aromatic N) is 2. The molecule has 1 fully saturated rings. The van der Waals surface area contributed by atoms with Crippen LogP contribution in [0.25, 0.3) is 0 Å². The maximum Gasteiger partial charge on any atom is 0.263 e. The summed E-state index contributed by atoms with van der Waals surface area (Å²) in [6.07, 6.45) is 1.59. The van der Waals surface area contributed by atoms with Crippen LogP contribution in [0.1, 0.15) is 62.0 Å². The van der Waals surface area contributed by atoms with Gasteiger partial charge in [-0.3, -0.25) is 14.5 Å².